The molecule has 0 unspecified atom stereocenters. The molecule has 0 saturated heterocycles. The Morgan fingerprint density at radius 3 is 2.72 bits per heavy atom. The Bertz CT molecular complexity index is 1200. The van der Waals surface area contributed by atoms with E-state index < -0.39 is 6.61 Å². The van der Waals surface area contributed by atoms with Gasteiger partial charge in [0.05, 0.1) is 12.0 Å². The third-order valence-electron chi connectivity index (χ3n) is 4.73. The maximum Gasteiger partial charge on any atom is 0.387 e. The van der Waals surface area contributed by atoms with Crippen molar-refractivity contribution in [2.24, 2.45) is 0 Å². The van der Waals surface area contributed by atoms with Crippen LogP contribution in [0.5, 0.6) is 11.5 Å². The van der Waals surface area contributed by atoms with E-state index in [0.29, 0.717) is 46.2 Å². The molecule has 6 nitrogen and oxygen atoms in total. The molecule has 2 heterocycles. The molecule has 0 amide bonds. The lowest BCUT2D eigenvalue weighted by atomic mass is 10.0. The van der Waals surface area contributed by atoms with Crippen molar-refractivity contribution in [1.82, 2.24) is 15.0 Å². The third-order valence-corrected chi connectivity index (χ3v) is 4.96. The first-order chi connectivity index (χ1) is 15.5. The van der Waals surface area contributed by atoms with Crippen LogP contribution in [0.1, 0.15) is 5.69 Å². The highest BCUT2D eigenvalue weighted by atomic mass is 35.5. The van der Waals surface area contributed by atoms with E-state index in [1.54, 1.807) is 55.0 Å². The molecule has 9 heteroatoms. The van der Waals surface area contributed by atoms with E-state index in [0.717, 1.165) is 5.69 Å². The molecule has 0 spiro atoms. The average Bonchev–Trinajstić information content (AvgIpc) is 3.29. The molecule has 0 fully saturated rings. The van der Waals surface area contributed by atoms with E-state index in [-0.39, 0.29) is 11.5 Å². The molecule has 0 aliphatic carbocycles. The number of phenols is 1. The maximum absolute atomic E-state index is 12.9. The maximum atomic E-state index is 12.9. The molecule has 0 atom stereocenters. The Morgan fingerprint density at radius 1 is 1.09 bits per heavy atom. The number of phenolic OH excluding ortho intramolecular Hbond substituents is 1. The fraction of sp³-hybridized carbons (Fsp3) is 0.130. The van der Waals surface area contributed by atoms with Crippen molar-refractivity contribution >= 4 is 17.4 Å². The molecule has 4 rings (SSSR count). The zero-order valence-electron chi connectivity index (χ0n) is 16.7. The van der Waals surface area contributed by atoms with Crippen molar-refractivity contribution in [3.05, 3.63) is 77.8 Å². The summed E-state index contributed by atoms with van der Waals surface area (Å²) in [5.74, 6) is 0.543. The summed E-state index contributed by atoms with van der Waals surface area (Å²) in [6.45, 7) is -2.41. The number of pyridine rings is 1. The van der Waals surface area contributed by atoms with E-state index in [2.05, 4.69) is 20.3 Å². The largest absolute Gasteiger partial charge is 0.507 e. The van der Waals surface area contributed by atoms with Crippen molar-refractivity contribution in [3.8, 4) is 33.9 Å². The van der Waals surface area contributed by atoms with E-state index in [4.69, 9.17) is 16.3 Å². The molecule has 2 aromatic heterocycles. The van der Waals surface area contributed by atoms with E-state index >= 15 is 0 Å². The number of hydrogen-bond acceptors (Lipinski definition) is 5. The van der Waals surface area contributed by atoms with Gasteiger partial charge < -0.3 is 20.1 Å². The second-order valence-corrected chi connectivity index (χ2v) is 7.35. The second kappa shape index (κ2) is 9.65. The number of H-pyrrole nitrogens is 1. The fourth-order valence-electron chi connectivity index (χ4n) is 3.28. The number of nitrogens with one attached hydrogen (secondary N) is 2. The SMILES string of the molecule is Oc1ccc(Cl)cc1-c1cc(-c2ccccc2OC(F)F)cc(NCCc2cnc[nH]2)n1. The lowest BCUT2D eigenvalue weighted by molar-refractivity contribution is -0.0494. The molecular formula is C23H19ClF2N4O2. The predicted molar refractivity (Wildman–Crippen MR) is 119 cm³/mol. The molecule has 4 aromatic rings. The minimum atomic E-state index is -2.96. The Hall–Kier alpha value is -3.65. The predicted octanol–water partition coefficient (Wildman–Crippen LogP) is 5.75. The number of halogens is 3. The summed E-state index contributed by atoms with van der Waals surface area (Å²) in [5.41, 5.74) is 2.86. The monoisotopic (exact) mass is 456 g/mol. The van der Waals surface area contributed by atoms with Gasteiger partial charge in [-0.25, -0.2) is 9.97 Å². The van der Waals surface area contributed by atoms with Crippen LogP contribution in [-0.4, -0.2) is 33.2 Å². The van der Waals surface area contributed by atoms with Crippen molar-refractivity contribution in [2.45, 2.75) is 13.0 Å². The molecule has 0 saturated carbocycles. The summed E-state index contributed by atoms with van der Waals surface area (Å²) in [7, 11) is 0. The highest BCUT2D eigenvalue weighted by Crippen LogP contribution is 2.37. The molecule has 0 bridgehead atoms. The quantitative estimate of drug-likeness (QED) is 0.314. The van der Waals surface area contributed by atoms with Crippen molar-refractivity contribution in [1.29, 1.82) is 0 Å². The lowest BCUT2D eigenvalue weighted by Gasteiger charge is -2.15. The summed E-state index contributed by atoms with van der Waals surface area (Å²) in [4.78, 5) is 11.6. The summed E-state index contributed by atoms with van der Waals surface area (Å²) < 4.78 is 30.6. The fourth-order valence-corrected chi connectivity index (χ4v) is 3.45. The number of benzene rings is 2. The molecule has 0 radical (unpaired) electrons. The summed E-state index contributed by atoms with van der Waals surface area (Å²) >= 11 is 6.12. The number of aromatic hydroxyl groups is 1. The number of aromatic nitrogens is 3. The highest BCUT2D eigenvalue weighted by Gasteiger charge is 2.15. The van der Waals surface area contributed by atoms with Crippen LogP contribution in [0.4, 0.5) is 14.6 Å². The summed E-state index contributed by atoms with van der Waals surface area (Å²) in [5, 5.41) is 14.0. The minimum absolute atomic E-state index is 0.000393. The van der Waals surface area contributed by atoms with Gasteiger partial charge in [0, 0.05) is 41.0 Å². The average molecular weight is 457 g/mol. The number of imidazole rings is 1. The van der Waals surface area contributed by atoms with Crippen LogP contribution in [0.15, 0.2) is 67.1 Å². The molecule has 0 aliphatic heterocycles. The van der Waals surface area contributed by atoms with Gasteiger partial charge in [0.15, 0.2) is 0 Å². The number of rotatable bonds is 8. The highest BCUT2D eigenvalue weighted by molar-refractivity contribution is 6.31. The van der Waals surface area contributed by atoms with Crippen LogP contribution in [0, 0.1) is 0 Å². The van der Waals surface area contributed by atoms with Gasteiger partial charge in [-0.2, -0.15) is 8.78 Å². The summed E-state index contributed by atoms with van der Waals surface area (Å²) in [6, 6.07) is 14.6. The summed E-state index contributed by atoms with van der Waals surface area (Å²) in [6.07, 6.45) is 4.02. The van der Waals surface area contributed by atoms with Gasteiger partial charge in [0.1, 0.15) is 17.3 Å². The second-order valence-electron chi connectivity index (χ2n) is 6.92. The molecule has 0 aliphatic rings. The number of ether oxygens (including phenoxy) is 1. The van der Waals surface area contributed by atoms with Crippen LogP contribution < -0.4 is 10.1 Å². The van der Waals surface area contributed by atoms with Gasteiger partial charge in [0.25, 0.3) is 0 Å². The number of hydrogen-bond donors (Lipinski definition) is 3. The van der Waals surface area contributed by atoms with Gasteiger partial charge in [-0.15, -0.1) is 0 Å². The first-order valence-electron chi connectivity index (χ1n) is 9.76. The number of nitrogens with zero attached hydrogens (tertiary/aromatic N) is 2. The van der Waals surface area contributed by atoms with E-state index in [1.807, 2.05) is 0 Å². The number of alkyl halides is 2. The van der Waals surface area contributed by atoms with Crippen molar-refractivity contribution in [3.63, 3.8) is 0 Å². The van der Waals surface area contributed by atoms with Crippen LogP contribution >= 0.6 is 11.6 Å². The molecule has 32 heavy (non-hydrogen) atoms. The first-order valence-corrected chi connectivity index (χ1v) is 10.1. The Labute approximate surface area is 187 Å². The smallest absolute Gasteiger partial charge is 0.387 e. The Morgan fingerprint density at radius 2 is 1.94 bits per heavy atom. The normalized spacial score (nSPS) is 11.0. The topological polar surface area (TPSA) is 83.1 Å². The van der Waals surface area contributed by atoms with Crippen molar-refractivity contribution < 1.29 is 18.6 Å². The number of anilines is 1. The first kappa shape index (κ1) is 21.6. The van der Waals surface area contributed by atoms with Crippen molar-refractivity contribution in [2.75, 3.05) is 11.9 Å². The van der Waals surface area contributed by atoms with Crippen LogP contribution in [0.2, 0.25) is 5.02 Å². The Balaban J connectivity index is 1.74. The molecule has 164 valence electrons. The van der Waals surface area contributed by atoms with E-state index in [9.17, 15) is 13.9 Å². The van der Waals surface area contributed by atoms with Crippen LogP contribution in [-0.2, 0) is 6.42 Å². The van der Waals surface area contributed by atoms with E-state index in [1.165, 1.54) is 12.1 Å². The minimum Gasteiger partial charge on any atom is -0.507 e. The lowest BCUT2D eigenvalue weighted by Crippen LogP contribution is -2.07. The zero-order valence-corrected chi connectivity index (χ0v) is 17.5. The molecule has 3 N–H and O–H groups in total. The van der Waals surface area contributed by atoms with Gasteiger partial charge >= 0.3 is 6.61 Å². The third kappa shape index (κ3) is 5.15. The molecular weight excluding hydrogens is 438 g/mol. The number of para-hydroxylation sites is 1. The number of aromatic amines is 1. The Kier molecular flexibility index (Phi) is 6.51. The van der Waals surface area contributed by atoms with Crippen LogP contribution in [0.3, 0.4) is 0 Å². The molecule has 2 aromatic carbocycles. The van der Waals surface area contributed by atoms with Gasteiger partial charge in [-0.05, 0) is 42.0 Å². The van der Waals surface area contributed by atoms with Gasteiger partial charge in [0.2, 0.25) is 0 Å². The van der Waals surface area contributed by atoms with Gasteiger partial charge in [-0.3, -0.25) is 0 Å². The van der Waals surface area contributed by atoms with Gasteiger partial charge in [-0.1, -0.05) is 29.8 Å². The standard InChI is InChI=1S/C23H19ClF2N4O2/c24-15-5-6-20(31)18(11-15)19-9-14(17-3-1-2-4-21(17)32-23(25)26)10-22(30-19)28-8-7-16-12-27-13-29-16/h1-6,9-13,23,31H,7-8H2,(H,27,29)(H,28,30). The van der Waals surface area contributed by atoms with Crippen LogP contribution in [0.25, 0.3) is 22.4 Å². The zero-order chi connectivity index (χ0) is 22.5.